The molecule has 0 aliphatic carbocycles. The largest absolute Gasteiger partial charge is 0.355 e. The molecule has 2 unspecified atom stereocenters. The van der Waals surface area contributed by atoms with Gasteiger partial charge in [0.15, 0.2) is 6.10 Å². The molecule has 0 bridgehead atoms. The molecule has 1 heterocycles. The lowest BCUT2D eigenvalue weighted by molar-refractivity contribution is -0.129. The summed E-state index contributed by atoms with van der Waals surface area (Å²) in [6, 6.07) is 0. The Morgan fingerprint density at radius 1 is 1.70 bits per heavy atom. The van der Waals surface area contributed by atoms with Crippen LogP contribution in [0, 0.1) is 0 Å². The van der Waals surface area contributed by atoms with Gasteiger partial charge in [-0.05, 0) is 0 Å². The van der Waals surface area contributed by atoms with Gasteiger partial charge >= 0.3 is 0 Å². The van der Waals surface area contributed by atoms with Crippen LogP contribution in [-0.4, -0.2) is 37.1 Å². The van der Waals surface area contributed by atoms with Gasteiger partial charge in [-0.25, -0.2) is 0 Å². The van der Waals surface area contributed by atoms with E-state index in [1.54, 1.807) is 20.2 Å². The molecule has 0 radical (unpaired) electrons. The van der Waals surface area contributed by atoms with E-state index < -0.39 is 0 Å². The van der Waals surface area contributed by atoms with E-state index in [4.69, 9.17) is 4.74 Å². The first-order valence-electron chi connectivity index (χ1n) is 3.16. The van der Waals surface area contributed by atoms with Crippen LogP contribution in [0.1, 0.15) is 0 Å². The molecule has 56 valence electrons. The number of carbonyl (C=O) groups is 1. The smallest absolute Gasteiger partial charge is 0.254 e. The van der Waals surface area contributed by atoms with Crippen molar-refractivity contribution < 1.29 is 9.53 Å². The van der Waals surface area contributed by atoms with Crippen LogP contribution in [0.25, 0.3) is 0 Å². The molecule has 2 atom stereocenters. The third-order valence-electron chi connectivity index (χ3n) is 1.44. The van der Waals surface area contributed by atoms with Gasteiger partial charge in [0.05, 0.1) is 0 Å². The van der Waals surface area contributed by atoms with E-state index in [-0.39, 0.29) is 18.1 Å². The zero-order valence-corrected chi connectivity index (χ0v) is 6.20. The third kappa shape index (κ3) is 1.19. The number of epoxide rings is 1. The second-order valence-electron chi connectivity index (χ2n) is 2.49. The summed E-state index contributed by atoms with van der Waals surface area (Å²) in [5.41, 5.74) is 0. The van der Waals surface area contributed by atoms with E-state index in [9.17, 15) is 4.79 Å². The van der Waals surface area contributed by atoms with Gasteiger partial charge in [0.1, 0.15) is 6.10 Å². The average molecular weight is 141 g/mol. The number of ether oxygens (including phenoxy) is 1. The molecule has 3 nitrogen and oxygen atoms in total. The molecule has 0 aromatic heterocycles. The van der Waals surface area contributed by atoms with Crippen LogP contribution in [0.15, 0.2) is 12.7 Å². The zero-order valence-electron chi connectivity index (χ0n) is 6.20. The first-order valence-corrected chi connectivity index (χ1v) is 3.16. The second-order valence-corrected chi connectivity index (χ2v) is 2.49. The lowest BCUT2D eigenvalue weighted by atomic mass is 10.3. The van der Waals surface area contributed by atoms with Gasteiger partial charge in [-0.2, -0.15) is 0 Å². The Hall–Kier alpha value is -0.830. The second kappa shape index (κ2) is 2.42. The van der Waals surface area contributed by atoms with Crippen LogP contribution in [0.3, 0.4) is 0 Å². The minimum Gasteiger partial charge on any atom is -0.355 e. The normalized spacial score (nSPS) is 29.4. The topological polar surface area (TPSA) is 32.8 Å². The van der Waals surface area contributed by atoms with Crippen molar-refractivity contribution in [2.24, 2.45) is 0 Å². The van der Waals surface area contributed by atoms with Crippen LogP contribution in [0.4, 0.5) is 0 Å². The molecule has 1 aliphatic heterocycles. The molecular formula is C7H11NO2. The number of nitrogens with zero attached hydrogens (tertiary/aromatic N) is 1. The molecule has 0 aromatic carbocycles. The highest BCUT2D eigenvalue weighted by atomic mass is 16.6. The quantitative estimate of drug-likeness (QED) is 0.401. The van der Waals surface area contributed by atoms with Crippen molar-refractivity contribution in [2.45, 2.75) is 12.2 Å². The summed E-state index contributed by atoms with van der Waals surface area (Å²) >= 11 is 0. The fourth-order valence-electron chi connectivity index (χ4n) is 0.756. The van der Waals surface area contributed by atoms with Crippen molar-refractivity contribution in [1.29, 1.82) is 0 Å². The molecule has 1 aliphatic rings. The van der Waals surface area contributed by atoms with Crippen molar-refractivity contribution >= 4 is 5.91 Å². The molecule has 0 saturated carbocycles. The van der Waals surface area contributed by atoms with Gasteiger partial charge in [0, 0.05) is 14.1 Å². The zero-order chi connectivity index (χ0) is 7.72. The summed E-state index contributed by atoms with van der Waals surface area (Å²) in [6.45, 7) is 3.52. The lowest BCUT2D eigenvalue weighted by Gasteiger charge is -2.06. The fraction of sp³-hybridized carbons (Fsp3) is 0.571. The van der Waals surface area contributed by atoms with Crippen LogP contribution < -0.4 is 0 Å². The number of rotatable bonds is 2. The molecule has 1 rings (SSSR count). The van der Waals surface area contributed by atoms with Gasteiger partial charge in [0.25, 0.3) is 5.91 Å². The van der Waals surface area contributed by atoms with Gasteiger partial charge in [-0.15, -0.1) is 6.58 Å². The summed E-state index contributed by atoms with van der Waals surface area (Å²) < 4.78 is 4.98. The summed E-state index contributed by atoms with van der Waals surface area (Å²) in [5, 5.41) is 0. The van der Waals surface area contributed by atoms with Crippen molar-refractivity contribution in [3.05, 3.63) is 12.7 Å². The van der Waals surface area contributed by atoms with Gasteiger partial charge < -0.3 is 9.64 Å². The van der Waals surface area contributed by atoms with Gasteiger partial charge in [0.2, 0.25) is 0 Å². The van der Waals surface area contributed by atoms with Gasteiger partial charge in [-0.1, -0.05) is 6.08 Å². The Labute approximate surface area is 60.3 Å². The van der Waals surface area contributed by atoms with E-state index in [1.165, 1.54) is 4.90 Å². The summed E-state index contributed by atoms with van der Waals surface area (Å²) in [6.07, 6.45) is 1.34. The molecule has 1 saturated heterocycles. The number of hydrogen-bond donors (Lipinski definition) is 0. The molecule has 1 fully saturated rings. The summed E-state index contributed by atoms with van der Waals surface area (Å²) in [4.78, 5) is 12.5. The third-order valence-corrected chi connectivity index (χ3v) is 1.44. The first kappa shape index (κ1) is 7.28. The predicted octanol–water partition coefficient (Wildman–Crippen LogP) is 0.0280. The number of amides is 1. The Bertz CT molecular complexity index is 165. The Balaban J connectivity index is 2.39. The van der Waals surface area contributed by atoms with E-state index in [1.807, 2.05) is 0 Å². The van der Waals surface area contributed by atoms with Crippen LogP contribution >= 0.6 is 0 Å². The van der Waals surface area contributed by atoms with Crippen molar-refractivity contribution in [2.75, 3.05) is 14.1 Å². The molecule has 10 heavy (non-hydrogen) atoms. The predicted molar refractivity (Wildman–Crippen MR) is 37.6 cm³/mol. The molecule has 0 spiro atoms. The standard InChI is InChI=1S/C7H11NO2/c1-4-5-6(10-5)7(9)8(2)3/h4-6H,1H2,2-3H3. The monoisotopic (exact) mass is 141 g/mol. The molecule has 1 amide bonds. The van der Waals surface area contributed by atoms with E-state index in [0.717, 1.165) is 0 Å². The minimum atomic E-state index is -0.257. The first-order chi connectivity index (χ1) is 4.66. The minimum absolute atomic E-state index is 0.0184. The molecule has 0 N–H and O–H groups in total. The maximum absolute atomic E-state index is 11.0. The Morgan fingerprint density at radius 3 is 2.60 bits per heavy atom. The summed E-state index contributed by atoms with van der Waals surface area (Å²) in [7, 11) is 3.42. The molecular weight excluding hydrogens is 130 g/mol. The molecule has 0 aromatic rings. The van der Waals surface area contributed by atoms with E-state index >= 15 is 0 Å². The average Bonchev–Trinajstić information content (AvgIpc) is 2.64. The lowest BCUT2D eigenvalue weighted by Crippen LogP contribution is -2.27. The fourth-order valence-corrected chi connectivity index (χ4v) is 0.756. The SMILES string of the molecule is C=CC1OC1C(=O)N(C)C. The highest BCUT2D eigenvalue weighted by Crippen LogP contribution is 2.23. The van der Waals surface area contributed by atoms with Crippen molar-refractivity contribution in [1.82, 2.24) is 4.90 Å². The maximum atomic E-state index is 11.0. The van der Waals surface area contributed by atoms with E-state index in [2.05, 4.69) is 6.58 Å². The number of carbonyl (C=O) groups excluding carboxylic acids is 1. The number of hydrogen-bond acceptors (Lipinski definition) is 2. The van der Waals surface area contributed by atoms with Crippen molar-refractivity contribution in [3.8, 4) is 0 Å². The van der Waals surface area contributed by atoms with Crippen LogP contribution in [-0.2, 0) is 9.53 Å². The molecule has 3 heteroatoms. The van der Waals surface area contributed by atoms with Crippen LogP contribution in [0.2, 0.25) is 0 Å². The highest BCUT2D eigenvalue weighted by Gasteiger charge is 2.43. The number of likely N-dealkylation sites (N-methyl/N-ethyl adjacent to an activating group) is 1. The highest BCUT2D eigenvalue weighted by molar-refractivity contribution is 5.83. The Kier molecular flexibility index (Phi) is 1.76. The van der Waals surface area contributed by atoms with E-state index in [0.29, 0.717) is 0 Å². The van der Waals surface area contributed by atoms with Crippen LogP contribution in [0.5, 0.6) is 0 Å². The summed E-state index contributed by atoms with van der Waals surface area (Å²) in [5.74, 6) is 0.0184. The maximum Gasteiger partial charge on any atom is 0.254 e. The Morgan fingerprint density at radius 2 is 2.30 bits per heavy atom. The van der Waals surface area contributed by atoms with Gasteiger partial charge in [-0.3, -0.25) is 4.79 Å². The van der Waals surface area contributed by atoms with Crippen molar-refractivity contribution in [3.63, 3.8) is 0 Å².